The van der Waals surface area contributed by atoms with Gasteiger partial charge in [0.1, 0.15) is 48.8 Å². The smallest absolute Gasteiger partial charge is 0.220 e. The molecule has 2 fully saturated rings. The Bertz CT molecular complexity index is 2110. The van der Waals surface area contributed by atoms with Gasteiger partial charge in [0, 0.05) is 6.42 Å². The molecule has 12 atom stereocenters. The van der Waals surface area contributed by atoms with Crippen molar-refractivity contribution >= 4 is 5.91 Å². The molecule has 92 heavy (non-hydrogen) atoms. The fraction of sp³-hybridized carbons (Fsp3) is 0.679. The molecule has 2 heterocycles. The predicted octanol–water partition coefficient (Wildman–Crippen LogP) is 15.2. The molecule has 12 unspecified atom stereocenters. The van der Waals surface area contributed by atoms with Gasteiger partial charge in [-0.1, -0.05) is 269 Å². The van der Waals surface area contributed by atoms with Gasteiger partial charge in [-0.25, -0.2) is 0 Å². The molecule has 0 aliphatic carbocycles. The molecule has 9 N–H and O–H groups in total. The van der Waals surface area contributed by atoms with Crippen LogP contribution in [0.4, 0.5) is 0 Å². The van der Waals surface area contributed by atoms with Crippen molar-refractivity contribution < 1.29 is 64.6 Å². The molecule has 0 spiro atoms. The molecule has 2 aliphatic heterocycles. The number of nitrogens with one attached hydrogen (secondary N) is 1. The summed E-state index contributed by atoms with van der Waals surface area (Å²) in [7, 11) is 0. The number of ether oxygens (including phenoxy) is 4. The van der Waals surface area contributed by atoms with Gasteiger partial charge in [-0.3, -0.25) is 4.79 Å². The van der Waals surface area contributed by atoms with Crippen LogP contribution in [-0.4, -0.2) is 140 Å². The monoisotopic (exact) mass is 1290 g/mol. The number of amides is 1. The number of carbonyl (C=O) groups is 1. The molecule has 2 rings (SSSR count). The van der Waals surface area contributed by atoms with Crippen LogP contribution < -0.4 is 5.32 Å². The average Bonchev–Trinajstić information content (AvgIpc) is 0.856. The number of carbonyl (C=O) groups excluding carboxylic acids is 1. The van der Waals surface area contributed by atoms with Crippen LogP contribution in [0.5, 0.6) is 0 Å². The predicted molar refractivity (Wildman–Crippen MR) is 378 cm³/mol. The van der Waals surface area contributed by atoms with E-state index in [2.05, 4.69) is 153 Å². The van der Waals surface area contributed by atoms with Gasteiger partial charge >= 0.3 is 0 Å². The molecule has 2 aliphatic rings. The van der Waals surface area contributed by atoms with Gasteiger partial charge in [0.2, 0.25) is 5.91 Å². The highest BCUT2D eigenvalue weighted by atomic mass is 16.7. The third-order valence-electron chi connectivity index (χ3n) is 16.5. The number of aliphatic hydroxyl groups is 8. The van der Waals surface area contributed by atoms with Gasteiger partial charge in [0.05, 0.1) is 32.0 Å². The van der Waals surface area contributed by atoms with Gasteiger partial charge < -0.3 is 65.1 Å². The molecule has 14 heteroatoms. The first kappa shape index (κ1) is 84.0. The minimum Gasteiger partial charge on any atom is -0.394 e. The maximum atomic E-state index is 13.3. The van der Waals surface area contributed by atoms with Crippen LogP contribution in [0, 0.1) is 0 Å². The van der Waals surface area contributed by atoms with Crippen molar-refractivity contribution in [2.75, 3.05) is 19.8 Å². The van der Waals surface area contributed by atoms with Crippen molar-refractivity contribution in [1.82, 2.24) is 5.32 Å². The summed E-state index contributed by atoms with van der Waals surface area (Å²) in [6.45, 7) is 2.64. The molecule has 2 saturated heterocycles. The standard InChI is InChI=1S/C78H129NO13/c1-3-5-7-9-11-13-15-17-19-21-22-23-24-25-26-27-28-29-30-31-32-33-34-35-36-37-38-39-40-41-42-43-44-46-48-50-52-54-56-58-60-62-70(83)79-66(67(82)61-59-57-55-53-51-49-47-45-20-18-16-14-12-10-8-6-4-2)65-89-77-75(88)73(86)76(69(64-81)91-77)92-78-74(87)72(85)71(84)68(63-80)90-78/h5,7,11,13,17,19-20,22-23,25-26,28-29,31-32,34-35,37-38,45,51,53,59,61,66-69,71-78,80-82,84-88H,3-4,6,8-10,12,14-16,18,21,24,27,30,33,36,39-44,46-50,52,54-58,60,62-65H2,1-2H3,(H,79,83)/b7-5-,13-11-,19-17-,23-22-,26-25-,29-28-,32-31-,35-34-,38-37-,45-20+,53-51+,61-59+. The quantitative estimate of drug-likeness (QED) is 0.0204. The van der Waals surface area contributed by atoms with E-state index in [1.807, 2.05) is 6.08 Å². The van der Waals surface area contributed by atoms with Crippen LogP contribution in [0.1, 0.15) is 245 Å². The number of rotatable bonds is 57. The SMILES string of the molecule is CC/C=C\C/C=C\C/C=C\C/C=C\C/C=C\C/C=C\C/C=C\C/C=C\C/C=C\CCCCCCCCCCCCCCCC(=O)NC(COC1OC(CO)C(OC2OC(CO)C(O)C(O)C2O)C(O)C1O)C(O)/C=C/CC/C=C/CC/C=C/CCCCCCCCC. The Morgan fingerprint density at radius 2 is 0.761 bits per heavy atom. The highest BCUT2D eigenvalue weighted by Gasteiger charge is 2.51. The summed E-state index contributed by atoms with van der Waals surface area (Å²) < 4.78 is 22.8. The van der Waals surface area contributed by atoms with Crippen molar-refractivity contribution in [2.45, 2.75) is 319 Å². The second kappa shape index (κ2) is 60.5. The van der Waals surface area contributed by atoms with Crippen LogP contribution in [0.3, 0.4) is 0 Å². The lowest BCUT2D eigenvalue weighted by Gasteiger charge is -2.46. The first-order valence-corrected chi connectivity index (χ1v) is 36.1. The highest BCUT2D eigenvalue weighted by Crippen LogP contribution is 2.30. The third kappa shape index (κ3) is 43.8. The Morgan fingerprint density at radius 3 is 1.20 bits per heavy atom. The Balaban J connectivity index is 1.62. The molecular formula is C78H129NO13. The Hall–Kier alpha value is -4.13. The Labute approximate surface area is 557 Å². The summed E-state index contributed by atoms with van der Waals surface area (Å²) in [5.41, 5.74) is 0. The Morgan fingerprint density at radius 1 is 0.402 bits per heavy atom. The summed E-state index contributed by atoms with van der Waals surface area (Å²) >= 11 is 0. The second-order valence-corrected chi connectivity index (χ2v) is 24.6. The zero-order chi connectivity index (χ0) is 66.6. The fourth-order valence-electron chi connectivity index (χ4n) is 10.8. The van der Waals surface area contributed by atoms with Gasteiger partial charge in [-0.05, 0) is 116 Å². The topological polar surface area (TPSA) is 228 Å². The van der Waals surface area contributed by atoms with E-state index in [1.165, 1.54) is 103 Å². The maximum Gasteiger partial charge on any atom is 0.220 e. The molecule has 524 valence electrons. The van der Waals surface area contributed by atoms with Gasteiger partial charge in [0.25, 0.3) is 0 Å². The van der Waals surface area contributed by atoms with Crippen molar-refractivity contribution in [3.63, 3.8) is 0 Å². The molecule has 0 aromatic rings. The van der Waals surface area contributed by atoms with E-state index in [1.54, 1.807) is 6.08 Å². The second-order valence-electron chi connectivity index (χ2n) is 24.6. The van der Waals surface area contributed by atoms with Crippen LogP contribution in [0.15, 0.2) is 146 Å². The van der Waals surface area contributed by atoms with E-state index in [0.717, 1.165) is 109 Å². The number of hydrogen-bond donors (Lipinski definition) is 9. The number of allylic oxidation sites excluding steroid dienone is 23. The van der Waals surface area contributed by atoms with E-state index in [0.29, 0.717) is 12.8 Å². The van der Waals surface area contributed by atoms with E-state index in [9.17, 15) is 45.6 Å². The average molecular weight is 1290 g/mol. The van der Waals surface area contributed by atoms with Gasteiger partial charge in [0.15, 0.2) is 12.6 Å². The van der Waals surface area contributed by atoms with Crippen molar-refractivity contribution in [3.8, 4) is 0 Å². The van der Waals surface area contributed by atoms with Gasteiger partial charge in [-0.15, -0.1) is 0 Å². The summed E-state index contributed by atoms with van der Waals surface area (Å²) in [4.78, 5) is 13.3. The number of hydrogen-bond acceptors (Lipinski definition) is 13. The van der Waals surface area contributed by atoms with Crippen LogP contribution in [0.2, 0.25) is 0 Å². The molecular weight excluding hydrogens is 1160 g/mol. The minimum atomic E-state index is -1.80. The van der Waals surface area contributed by atoms with Crippen LogP contribution >= 0.6 is 0 Å². The van der Waals surface area contributed by atoms with Crippen LogP contribution in [0.25, 0.3) is 0 Å². The molecule has 0 bridgehead atoms. The summed E-state index contributed by atoms with van der Waals surface area (Å²) in [5, 5.41) is 87.3. The molecule has 0 radical (unpaired) electrons. The fourth-order valence-corrected chi connectivity index (χ4v) is 10.8. The maximum absolute atomic E-state index is 13.3. The van der Waals surface area contributed by atoms with Crippen LogP contribution in [-0.2, 0) is 23.7 Å². The third-order valence-corrected chi connectivity index (χ3v) is 16.5. The zero-order valence-electron chi connectivity index (χ0n) is 57.0. The van der Waals surface area contributed by atoms with Crippen molar-refractivity contribution in [2.24, 2.45) is 0 Å². The van der Waals surface area contributed by atoms with Crippen molar-refractivity contribution in [1.29, 1.82) is 0 Å². The zero-order valence-corrected chi connectivity index (χ0v) is 57.0. The minimum absolute atomic E-state index is 0.260. The molecule has 0 aromatic carbocycles. The molecule has 0 aromatic heterocycles. The van der Waals surface area contributed by atoms with E-state index >= 15 is 0 Å². The molecule has 0 saturated carbocycles. The Kier molecular flexibility index (Phi) is 55.2. The normalized spacial score (nSPS) is 23.6. The largest absolute Gasteiger partial charge is 0.394 e. The van der Waals surface area contributed by atoms with Gasteiger partial charge in [-0.2, -0.15) is 0 Å². The van der Waals surface area contributed by atoms with E-state index in [-0.39, 0.29) is 18.9 Å². The highest BCUT2D eigenvalue weighted by molar-refractivity contribution is 5.76. The van der Waals surface area contributed by atoms with Crippen molar-refractivity contribution in [3.05, 3.63) is 146 Å². The molecule has 14 nitrogen and oxygen atoms in total. The number of aliphatic hydroxyl groups excluding tert-OH is 8. The number of unbranched alkanes of at least 4 members (excludes halogenated alkanes) is 22. The first-order chi connectivity index (χ1) is 45.1. The summed E-state index contributed by atoms with van der Waals surface area (Å²) in [5.74, 6) is -0.260. The summed E-state index contributed by atoms with van der Waals surface area (Å²) in [6.07, 6.45) is 74.8. The van der Waals surface area contributed by atoms with E-state index in [4.69, 9.17) is 18.9 Å². The summed E-state index contributed by atoms with van der Waals surface area (Å²) in [6, 6.07) is -0.948. The van der Waals surface area contributed by atoms with E-state index < -0.39 is 86.8 Å². The lowest BCUT2D eigenvalue weighted by Crippen LogP contribution is -2.65. The lowest BCUT2D eigenvalue weighted by atomic mass is 9.97. The first-order valence-electron chi connectivity index (χ1n) is 36.1. The lowest BCUT2D eigenvalue weighted by molar-refractivity contribution is -0.359. The molecule has 1 amide bonds.